The van der Waals surface area contributed by atoms with Crippen molar-refractivity contribution < 1.29 is 14.0 Å². The van der Waals surface area contributed by atoms with Crippen LogP contribution < -0.4 is 5.32 Å². The van der Waals surface area contributed by atoms with Crippen molar-refractivity contribution in [1.29, 1.82) is 0 Å². The molecule has 2 heterocycles. The first kappa shape index (κ1) is 23.5. The highest BCUT2D eigenvalue weighted by Gasteiger charge is 2.15. The number of ether oxygens (including phenoxy) is 1. The molecule has 0 spiro atoms. The van der Waals surface area contributed by atoms with Gasteiger partial charge in [0.15, 0.2) is 0 Å². The summed E-state index contributed by atoms with van der Waals surface area (Å²) >= 11 is 6.89. The lowest BCUT2D eigenvalue weighted by molar-refractivity contribution is -0.160. The number of benzene rings is 1. The van der Waals surface area contributed by atoms with E-state index in [1.165, 1.54) is 7.11 Å². The fraction of sp³-hybridized carbons (Fsp3) is 0.381. The van der Waals surface area contributed by atoms with Crippen LogP contribution in [-0.2, 0) is 20.6 Å². The molecule has 1 atom stereocenters. The molecule has 0 saturated carbocycles. The number of nitrogens with one attached hydrogen (secondary N) is 1. The van der Waals surface area contributed by atoms with E-state index in [9.17, 15) is 0 Å². The lowest BCUT2D eigenvalue weighted by atomic mass is 10.0. The highest BCUT2D eigenvalue weighted by molar-refractivity contribution is 7.94. The van der Waals surface area contributed by atoms with Crippen LogP contribution >= 0.6 is 23.6 Å². The number of aromatic nitrogens is 4. The van der Waals surface area contributed by atoms with Gasteiger partial charge in [-0.05, 0) is 30.0 Å². The maximum absolute atomic E-state index is 5.98. The Morgan fingerprint density at radius 3 is 2.68 bits per heavy atom. The molecular weight excluding hydrogens is 438 g/mol. The number of rotatable bonds is 12. The zero-order valence-electron chi connectivity index (χ0n) is 17.7. The van der Waals surface area contributed by atoms with Crippen molar-refractivity contribution in [3.63, 3.8) is 0 Å². The second-order valence-corrected chi connectivity index (χ2v) is 8.40. The van der Waals surface area contributed by atoms with Crippen molar-refractivity contribution in [2.45, 2.75) is 38.1 Å². The van der Waals surface area contributed by atoms with Crippen molar-refractivity contribution in [3.8, 4) is 5.82 Å². The fourth-order valence-electron chi connectivity index (χ4n) is 2.96. The minimum Gasteiger partial charge on any atom is -0.375 e. The molecule has 1 aromatic carbocycles. The molecule has 0 amide bonds. The first-order chi connectivity index (χ1) is 15.0. The first-order valence-electron chi connectivity index (χ1n) is 9.87. The van der Waals surface area contributed by atoms with E-state index < -0.39 is 0 Å². The second kappa shape index (κ2) is 12.0. The summed E-state index contributed by atoms with van der Waals surface area (Å²) in [5.74, 6) is 1.82. The van der Waals surface area contributed by atoms with Crippen LogP contribution in [0.1, 0.15) is 25.8 Å². The van der Waals surface area contributed by atoms with Crippen molar-refractivity contribution in [2.75, 3.05) is 19.0 Å². The van der Waals surface area contributed by atoms with Gasteiger partial charge in [-0.25, -0.2) is 19.8 Å². The minimum atomic E-state index is 0.0685. The molecule has 3 aromatic rings. The largest absolute Gasteiger partial charge is 0.375 e. The second-order valence-electron chi connectivity index (χ2n) is 7.29. The van der Waals surface area contributed by atoms with Crippen LogP contribution in [0.15, 0.2) is 54.2 Å². The lowest BCUT2D eigenvalue weighted by Gasteiger charge is -2.22. The van der Waals surface area contributed by atoms with E-state index in [0.29, 0.717) is 40.9 Å². The smallest absolute Gasteiger partial charge is 0.222 e. The summed E-state index contributed by atoms with van der Waals surface area (Å²) in [6.07, 6.45) is 6.11. The van der Waals surface area contributed by atoms with Gasteiger partial charge in [0.05, 0.1) is 26.4 Å². The van der Waals surface area contributed by atoms with Crippen molar-refractivity contribution in [2.24, 2.45) is 5.92 Å². The predicted molar refractivity (Wildman–Crippen MR) is 121 cm³/mol. The van der Waals surface area contributed by atoms with Gasteiger partial charge in [-0.3, -0.25) is 4.57 Å². The number of hydrogen-bond acceptors (Lipinski definition) is 8. The van der Waals surface area contributed by atoms with Gasteiger partial charge in [0.2, 0.25) is 5.16 Å². The third-order valence-electron chi connectivity index (χ3n) is 4.25. The highest BCUT2D eigenvalue weighted by Crippen LogP contribution is 2.21. The maximum atomic E-state index is 5.98. The highest BCUT2D eigenvalue weighted by atomic mass is 35.5. The van der Waals surface area contributed by atoms with Crippen LogP contribution in [0.4, 0.5) is 5.82 Å². The molecule has 1 N–H and O–H groups in total. The SMILES string of the molecule is COOSc1nc(N[C@@H](COCc2ccc(Cl)cc2)CC(C)C)cc(-n2ccnc2)n1. The standard InChI is InChI=1S/C21H26ClN5O3S/c1-15(2)10-18(13-29-12-16-4-6-17(22)7-5-16)24-19-11-20(27-9-8-23-14-27)26-21(25-19)31-30-28-3/h4-9,11,14-15,18H,10,12-13H2,1-3H3,(H,24,25,26)/t18-/m1/s1. The normalized spacial score (nSPS) is 12.3. The third-order valence-corrected chi connectivity index (χ3v) is 5.03. The number of imidazole rings is 1. The molecule has 0 fully saturated rings. The predicted octanol–water partition coefficient (Wildman–Crippen LogP) is 4.94. The third kappa shape index (κ3) is 7.79. The number of hydrogen-bond donors (Lipinski definition) is 1. The van der Waals surface area contributed by atoms with Crippen molar-refractivity contribution in [1.82, 2.24) is 19.5 Å². The average Bonchev–Trinajstić information content (AvgIpc) is 3.28. The van der Waals surface area contributed by atoms with Gasteiger partial charge in [-0.1, -0.05) is 37.6 Å². The number of nitrogens with zero attached hydrogens (tertiary/aromatic N) is 4. The van der Waals surface area contributed by atoms with Gasteiger partial charge >= 0.3 is 0 Å². The Morgan fingerprint density at radius 2 is 2.00 bits per heavy atom. The van der Waals surface area contributed by atoms with Crippen LogP contribution in [0, 0.1) is 5.92 Å². The Balaban J connectivity index is 1.71. The Labute approximate surface area is 191 Å². The van der Waals surface area contributed by atoms with Gasteiger partial charge in [0.1, 0.15) is 30.0 Å². The van der Waals surface area contributed by atoms with E-state index >= 15 is 0 Å². The molecule has 3 rings (SSSR count). The summed E-state index contributed by atoms with van der Waals surface area (Å²) in [7, 11) is 1.43. The van der Waals surface area contributed by atoms with Gasteiger partial charge in [0, 0.05) is 23.5 Å². The number of anilines is 1. The van der Waals surface area contributed by atoms with E-state index in [1.807, 2.05) is 36.5 Å². The molecule has 0 unspecified atom stereocenters. The zero-order chi connectivity index (χ0) is 22.1. The Hall–Kier alpha value is -2.17. The Bertz CT molecular complexity index is 925. The topological polar surface area (TPSA) is 83.3 Å². The molecule has 0 saturated heterocycles. The quantitative estimate of drug-likeness (QED) is 0.175. The molecule has 0 aliphatic heterocycles. The summed E-state index contributed by atoms with van der Waals surface area (Å²) < 4.78 is 12.7. The van der Waals surface area contributed by atoms with Crippen LogP contribution in [-0.4, -0.2) is 39.3 Å². The molecule has 166 valence electrons. The molecule has 31 heavy (non-hydrogen) atoms. The van der Waals surface area contributed by atoms with Crippen LogP contribution in [0.2, 0.25) is 5.02 Å². The van der Waals surface area contributed by atoms with Gasteiger partial charge in [-0.2, -0.15) is 4.33 Å². The zero-order valence-corrected chi connectivity index (χ0v) is 19.3. The van der Waals surface area contributed by atoms with E-state index in [1.54, 1.807) is 17.1 Å². The molecule has 8 nitrogen and oxygen atoms in total. The van der Waals surface area contributed by atoms with E-state index in [4.69, 9.17) is 20.7 Å². The van der Waals surface area contributed by atoms with E-state index in [-0.39, 0.29) is 6.04 Å². The van der Waals surface area contributed by atoms with Gasteiger partial charge in [-0.15, -0.1) is 0 Å². The molecule has 2 aromatic heterocycles. The van der Waals surface area contributed by atoms with Crippen molar-refractivity contribution >= 4 is 29.5 Å². The summed E-state index contributed by atoms with van der Waals surface area (Å²) in [4.78, 5) is 17.8. The average molecular weight is 464 g/mol. The van der Waals surface area contributed by atoms with Crippen LogP contribution in [0.25, 0.3) is 5.82 Å². The molecule has 0 aliphatic rings. The van der Waals surface area contributed by atoms with Crippen molar-refractivity contribution in [3.05, 3.63) is 59.6 Å². The van der Waals surface area contributed by atoms with E-state index in [0.717, 1.165) is 24.0 Å². The minimum absolute atomic E-state index is 0.0685. The van der Waals surface area contributed by atoms with Gasteiger partial charge < -0.3 is 10.1 Å². The Kier molecular flexibility index (Phi) is 9.11. The van der Waals surface area contributed by atoms with Crippen LogP contribution in [0.5, 0.6) is 0 Å². The Morgan fingerprint density at radius 1 is 1.19 bits per heavy atom. The first-order valence-corrected chi connectivity index (χ1v) is 11.0. The summed E-state index contributed by atoms with van der Waals surface area (Å²) in [6.45, 7) is 5.40. The molecule has 0 bridgehead atoms. The monoisotopic (exact) mass is 463 g/mol. The molecule has 0 aliphatic carbocycles. The van der Waals surface area contributed by atoms with E-state index in [2.05, 4.69) is 39.0 Å². The lowest BCUT2D eigenvalue weighted by Crippen LogP contribution is -2.28. The number of halogens is 1. The summed E-state index contributed by atoms with van der Waals surface area (Å²) in [5, 5.41) is 4.62. The molecule has 0 radical (unpaired) electrons. The van der Waals surface area contributed by atoms with Gasteiger partial charge in [0.25, 0.3) is 0 Å². The van der Waals surface area contributed by atoms with Crippen LogP contribution in [0.3, 0.4) is 0 Å². The molecular formula is C21H26ClN5O3S. The summed E-state index contributed by atoms with van der Waals surface area (Å²) in [5.41, 5.74) is 1.08. The summed E-state index contributed by atoms with van der Waals surface area (Å²) in [6, 6.07) is 9.60. The fourth-order valence-corrected chi connectivity index (χ4v) is 3.48. The molecule has 10 heteroatoms. The maximum Gasteiger partial charge on any atom is 0.222 e.